The summed E-state index contributed by atoms with van der Waals surface area (Å²) in [4.78, 5) is 2.57. The first-order chi connectivity index (χ1) is 7.15. The summed E-state index contributed by atoms with van der Waals surface area (Å²) < 4.78 is 5.25. The summed E-state index contributed by atoms with van der Waals surface area (Å²) in [5, 5.41) is 31.6. The van der Waals surface area contributed by atoms with Crippen molar-refractivity contribution in [2.24, 2.45) is 5.11 Å². The first kappa shape index (κ1) is 12.2. The zero-order valence-corrected chi connectivity index (χ0v) is 8.39. The van der Waals surface area contributed by atoms with E-state index >= 15 is 0 Å². The average Bonchev–Trinajstić information content (AvgIpc) is 2.25. The van der Waals surface area contributed by atoms with Crippen LogP contribution in [0, 0.1) is 0 Å². The molecule has 0 aliphatic carbocycles. The van der Waals surface area contributed by atoms with Crippen molar-refractivity contribution in [2.75, 3.05) is 6.61 Å². The molecule has 7 heteroatoms. The van der Waals surface area contributed by atoms with E-state index in [1.54, 1.807) is 6.92 Å². The maximum atomic E-state index is 9.71. The van der Waals surface area contributed by atoms with Crippen LogP contribution in [-0.4, -0.2) is 52.4 Å². The molecule has 15 heavy (non-hydrogen) atoms. The molecule has 0 spiro atoms. The topological polar surface area (TPSA) is 119 Å². The molecule has 0 radical (unpaired) electrons. The van der Waals surface area contributed by atoms with E-state index in [2.05, 4.69) is 10.0 Å². The van der Waals surface area contributed by atoms with E-state index in [9.17, 15) is 10.2 Å². The average molecular weight is 217 g/mol. The van der Waals surface area contributed by atoms with Crippen LogP contribution in [0.5, 0.6) is 0 Å². The Morgan fingerprint density at radius 1 is 1.33 bits per heavy atom. The minimum atomic E-state index is -1.18. The molecule has 86 valence electrons. The van der Waals surface area contributed by atoms with Gasteiger partial charge in [0, 0.05) is 4.91 Å². The van der Waals surface area contributed by atoms with Gasteiger partial charge in [-0.05, 0) is 12.0 Å². The van der Waals surface area contributed by atoms with Gasteiger partial charge in [0.25, 0.3) is 0 Å². The Bertz CT molecular complexity index is 240. The Hall–Kier alpha value is -0.850. The van der Waals surface area contributed by atoms with E-state index in [0.717, 1.165) is 0 Å². The largest absolute Gasteiger partial charge is 0.394 e. The number of rotatable bonds is 3. The SMILES string of the molecule is CC[C@@H]1OC(CO)[C@H](O)C(N=[N+]=[N-])C1O. The standard InChI is InChI=1S/C8H15N3O4/c1-2-4-7(13)6(10-11-9)8(14)5(3-12)15-4/h4-8,12-14H,2-3H2,1H3/t4-,5?,6?,7?,8-/m0/s1. The molecule has 1 saturated heterocycles. The third kappa shape index (κ3) is 2.39. The van der Waals surface area contributed by atoms with Crippen LogP contribution >= 0.6 is 0 Å². The second kappa shape index (κ2) is 5.29. The van der Waals surface area contributed by atoms with Crippen LogP contribution in [0.25, 0.3) is 10.4 Å². The fourth-order valence-corrected chi connectivity index (χ4v) is 1.71. The monoisotopic (exact) mass is 217 g/mol. The Morgan fingerprint density at radius 2 is 1.93 bits per heavy atom. The van der Waals surface area contributed by atoms with Gasteiger partial charge in [-0.15, -0.1) is 0 Å². The molecule has 0 aromatic rings. The van der Waals surface area contributed by atoms with E-state index < -0.39 is 30.5 Å². The molecule has 1 aliphatic heterocycles. The Labute approximate surface area is 86.9 Å². The minimum absolute atomic E-state index is 0.373. The van der Waals surface area contributed by atoms with E-state index in [1.165, 1.54) is 0 Å². The number of aliphatic hydroxyl groups is 3. The molecule has 3 N–H and O–H groups in total. The van der Waals surface area contributed by atoms with Crippen LogP contribution in [0.2, 0.25) is 0 Å². The molecule has 0 bridgehead atoms. The molecule has 5 atom stereocenters. The first-order valence-corrected chi connectivity index (χ1v) is 4.82. The maximum absolute atomic E-state index is 9.71. The van der Waals surface area contributed by atoms with Crippen molar-refractivity contribution in [3.05, 3.63) is 10.4 Å². The molecule has 0 aromatic carbocycles. The fraction of sp³-hybridized carbons (Fsp3) is 1.00. The van der Waals surface area contributed by atoms with E-state index in [-0.39, 0.29) is 6.61 Å². The summed E-state index contributed by atoms with van der Waals surface area (Å²) in [6.07, 6.45) is -3.04. The van der Waals surface area contributed by atoms with Gasteiger partial charge in [0.2, 0.25) is 0 Å². The van der Waals surface area contributed by atoms with Crippen molar-refractivity contribution in [3.63, 3.8) is 0 Å². The van der Waals surface area contributed by atoms with Gasteiger partial charge in [0.05, 0.1) is 31.0 Å². The zero-order valence-electron chi connectivity index (χ0n) is 8.39. The number of nitrogens with zero attached hydrogens (tertiary/aromatic N) is 3. The summed E-state index contributed by atoms with van der Waals surface area (Å²) in [6.45, 7) is 1.43. The number of ether oxygens (including phenoxy) is 1. The molecule has 0 aromatic heterocycles. The predicted molar refractivity (Wildman–Crippen MR) is 51.0 cm³/mol. The summed E-state index contributed by atoms with van der Waals surface area (Å²) >= 11 is 0. The number of hydrogen-bond donors (Lipinski definition) is 3. The Morgan fingerprint density at radius 3 is 2.40 bits per heavy atom. The van der Waals surface area contributed by atoms with Crippen molar-refractivity contribution in [1.29, 1.82) is 0 Å². The summed E-state index contributed by atoms with van der Waals surface area (Å²) in [5.74, 6) is 0. The molecule has 1 rings (SSSR count). The highest BCUT2D eigenvalue weighted by molar-refractivity contribution is 4.96. The lowest BCUT2D eigenvalue weighted by molar-refractivity contribution is -0.188. The molecule has 0 amide bonds. The minimum Gasteiger partial charge on any atom is -0.394 e. The van der Waals surface area contributed by atoms with Crippen molar-refractivity contribution in [1.82, 2.24) is 0 Å². The smallest absolute Gasteiger partial charge is 0.107 e. The molecule has 1 fully saturated rings. The van der Waals surface area contributed by atoms with Crippen molar-refractivity contribution < 1.29 is 20.1 Å². The van der Waals surface area contributed by atoms with Gasteiger partial charge in [-0.2, -0.15) is 0 Å². The molecular formula is C8H15N3O4. The molecule has 7 nitrogen and oxygen atoms in total. The Balaban J connectivity index is 2.85. The normalized spacial score (nSPS) is 40.9. The van der Waals surface area contributed by atoms with E-state index in [1.807, 2.05) is 0 Å². The quantitative estimate of drug-likeness (QED) is 0.337. The second-order valence-corrected chi connectivity index (χ2v) is 3.48. The lowest BCUT2D eigenvalue weighted by atomic mass is 9.92. The molecule has 0 saturated carbocycles. The number of aliphatic hydroxyl groups excluding tert-OH is 3. The van der Waals surface area contributed by atoms with Crippen LogP contribution in [-0.2, 0) is 4.74 Å². The van der Waals surface area contributed by atoms with Crippen LogP contribution in [0.1, 0.15) is 13.3 Å². The third-order valence-electron chi connectivity index (χ3n) is 2.58. The lowest BCUT2D eigenvalue weighted by Crippen LogP contribution is -2.57. The second-order valence-electron chi connectivity index (χ2n) is 3.48. The summed E-state index contributed by atoms with van der Waals surface area (Å²) in [6, 6.07) is -0.967. The maximum Gasteiger partial charge on any atom is 0.107 e. The Kier molecular flexibility index (Phi) is 4.31. The third-order valence-corrected chi connectivity index (χ3v) is 2.58. The van der Waals surface area contributed by atoms with Crippen molar-refractivity contribution in [3.8, 4) is 0 Å². The van der Waals surface area contributed by atoms with Gasteiger partial charge in [0.1, 0.15) is 6.10 Å². The van der Waals surface area contributed by atoms with Gasteiger partial charge >= 0.3 is 0 Å². The fourth-order valence-electron chi connectivity index (χ4n) is 1.71. The van der Waals surface area contributed by atoms with Crippen LogP contribution in [0.15, 0.2) is 5.11 Å². The highest BCUT2D eigenvalue weighted by Gasteiger charge is 2.42. The molecular weight excluding hydrogens is 202 g/mol. The lowest BCUT2D eigenvalue weighted by Gasteiger charge is -2.40. The highest BCUT2D eigenvalue weighted by Crippen LogP contribution is 2.25. The van der Waals surface area contributed by atoms with E-state index in [4.69, 9.17) is 15.4 Å². The predicted octanol–water partition coefficient (Wildman–Crippen LogP) is -0.443. The van der Waals surface area contributed by atoms with E-state index in [0.29, 0.717) is 6.42 Å². The van der Waals surface area contributed by atoms with Gasteiger partial charge in [-0.3, -0.25) is 0 Å². The highest BCUT2D eigenvalue weighted by atomic mass is 16.5. The first-order valence-electron chi connectivity index (χ1n) is 4.82. The molecule has 1 aliphatic rings. The van der Waals surface area contributed by atoms with Gasteiger partial charge < -0.3 is 20.1 Å². The van der Waals surface area contributed by atoms with Crippen molar-refractivity contribution >= 4 is 0 Å². The molecule has 3 unspecified atom stereocenters. The summed E-state index contributed by atoms with van der Waals surface area (Å²) in [7, 11) is 0. The number of hydrogen-bond acceptors (Lipinski definition) is 5. The van der Waals surface area contributed by atoms with Crippen LogP contribution < -0.4 is 0 Å². The molecule has 1 heterocycles. The van der Waals surface area contributed by atoms with Gasteiger partial charge in [0.15, 0.2) is 0 Å². The van der Waals surface area contributed by atoms with Crippen LogP contribution in [0.4, 0.5) is 0 Å². The van der Waals surface area contributed by atoms with Gasteiger partial charge in [-0.25, -0.2) is 0 Å². The van der Waals surface area contributed by atoms with Crippen molar-refractivity contribution in [2.45, 2.75) is 43.8 Å². The van der Waals surface area contributed by atoms with Gasteiger partial charge in [-0.1, -0.05) is 12.0 Å². The van der Waals surface area contributed by atoms with Crippen LogP contribution in [0.3, 0.4) is 0 Å². The zero-order chi connectivity index (χ0) is 11.4. The summed E-state index contributed by atoms with van der Waals surface area (Å²) in [5.41, 5.74) is 8.30. The number of azide groups is 1.